The number of phenolic OH excluding ortho intramolecular Hbond substituents is 1. The van der Waals surface area contributed by atoms with Gasteiger partial charge in [0.25, 0.3) is 5.91 Å². The minimum absolute atomic E-state index is 0.0133. The summed E-state index contributed by atoms with van der Waals surface area (Å²) in [7, 11) is 0. The zero-order valence-corrected chi connectivity index (χ0v) is 22.1. The monoisotopic (exact) mass is 514 g/mol. The molecule has 1 atom stereocenters. The lowest BCUT2D eigenvalue weighted by atomic mass is 9.86. The molecule has 8 nitrogen and oxygen atoms in total. The van der Waals surface area contributed by atoms with E-state index in [1.807, 2.05) is 20.8 Å². The van der Waals surface area contributed by atoms with E-state index in [0.29, 0.717) is 31.1 Å². The molecule has 0 aromatic heterocycles. The van der Waals surface area contributed by atoms with Gasteiger partial charge in [0.1, 0.15) is 17.1 Å². The highest BCUT2D eigenvalue weighted by molar-refractivity contribution is 6.23. The number of aromatic hydroxyl groups is 1. The second-order valence-electron chi connectivity index (χ2n) is 9.33. The molecule has 0 spiro atoms. The third-order valence-electron chi connectivity index (χ3n) is 6.61. The molecule has 0 radical (unpaired) electrons. The Hall–Kier alpha value is -3.23. The molecule has 1 amide bonds. The number of guanidine groups is 1. The third kappa shape index (κ3) is 6.71. The molecular formula is C27H35ClN4O4. The summed E-state index contributed by atoms with van der Waals surface area (Å²) >= 11 is 6.11. The molecule has 9 heteroatoms. The molecule has 194 valence electrons. The summed E-state index contributed by atoms with van der Waals surface area (Å²) in [5, 5.41) is 10.4. The lowest BCUT2D eigenvalue weighted by Crippen LogP contribution is -2.38. The Morgan fingerprint density at radius 1 is 1.19 bits per heavy atom. The van der Waals surface area contributed by atoms with Crippen LogP contribution < -0.4 is 16.2 Å². The first-order valence-corrected chi connectivity index (χ1v) is 12.3. The number of phenols is 1. The average Bonchev–Trinajstić information content (AvgIpc) is 2.84. The van der Waals surface area contributed by atoms with Gasteiger partial charge in [0, 0.05) is 29.8 Å². The van der Waals surface area contributed by atoms with Gasteiger partial charge < -0.3 is 26.0 Å². The molecule has 0 saturated carbocycles. The first kappa shape index (κ1) is 27.4. The number of nitrogens with two attached hydrogens (primary N) is 2. The maximum absolute atomic E-state index is 12.3. The third-order valence-corrected chi connectivity index (χ3v) is 6.94. The van der Waals surface area contributed by atoms with E-state index in [1.165, 1.54) is 6.08 Å². The predicted molar refractivity (Wildman–Crippen MR) is 144 cm³/mol. The number of benzene rings is 2. The highest BCUT2D eigenvalue weighted by atomic mass is 35.5. The van der Waals surface area contributed by atoms with E-state index >= 15 is 0 Å². The standard InChI is InChI=1S/C27H35ClN4O4/c1-17-18(2)25-22(19(3)24(17)34)11-12-27(4,36-25)13-15-35-16-14-32(28)23(33)10-7-20-5-8-21(9-6-20)31-26(29)30/h5-10,34H,11-16H2,1-4H3,(H4,29,30,31). The quantitative estimate of drug-likeness (QED) is 0.150. The smallest absolute Gasteiger partial charge is 0.261 e. The minimum atomic E-state index is -0.358. The maximum atomic E-state index is 12.3. The number of amides is 1. The summed E-state index contributed by atoms with van der Waals surface area (Å²) in [6, 6.07) is 7.09. The van der Waals surface area contributed by atoms with E-state index in [0.717, 1.165) is 50.8 Å². The molecule has 0 saturated heterocycles. The van der Waals surface area contributed by atoms with E-state index in [-0.39, 0.29) is 24.0 Å². The number of fused-ring (bicyclic) bond motifs is 1. The van der Waals surface area contributed by atoms with Crippen molar-refractivity contribution in [2.75, 3.05) is 19.8 Å². The van der Waals surface area contributed by atoms with Crippen molar-refractivity contribution in [3.63, 3.8) is 0 Å². The van der Waals surface area contributed by atoms with Crippen molar-refractivity contribution in [1.82, 2.24) is 4.42 Å². The second-order valence-corrected chi connectivity index (χ2v) is 9.74. The van der Waals surface area contributed by atoms with Gasteiger partial charge in [-0.2, -0.15) is 0 Å². The number of rotatable bonds is 9. The number of hydrogen-bond acceptors (Lipinski definition) is 5. The number of carbonyl (C=O) groups excluding carboxylic acids is 1. The van der Waals surface area contributed by atoms with Crippen molar-refractivity contribution < 1.29 is 19.4 Å². The fraction of sp³-hybridized carbons (Fsp3) is 0.407. The highest BCUT2D eigenvalue weighted by Crippen LogP contribution is 2.44. The lowest BCUT2D eigenvalue weighted by molar-refractivity contribution is -0.122. The largest absolute Gasteiger partial charge is 0.507 e. The van der Waals surface area contributed by atoms with Crippen molar-refractivity contribution in [1.29, 1.82) is 0 Å². The van der Waals surface area contributed by atoms with Crippen molar-refractivity contribution >= 4 is 35.4 Å². The Morgan fingerprint density at radius 3 is 2.56 bits per heavy atom. The van der Waals surface area contributed by atoms with E-state index in [9.17, 15) is 9.90 Å². The molecule has 3 rings (SSSR count). The molecule has 1 unspecified atom stereocenters. The molecule has 1 aliphatic heterocycles. The maximum Gasteiger partial charge on any atom is 0.261 e. The van der Waals surface area contributed by atoms with Gasteiger partial charge in [0.05, 0.1) is 25.4 Å². The van der Waals surface area contributed by atoms with Crippen molar-refractivity contribution in [2.45, 2.75) is 52.6 Å². The van der Waals surface area contributed by atoms with Crippen LogP contribution in [0.1, 0.15) is 47.6 Å². The summed E-state index contributed by atoms with van der Waals surface area (Å²) in [5.74, 6) is 0.891. The predicted octanol–water partition coefficient (Wildman–Crippen LogP) is 4.41. The van der Waals surface area contributed by atoms with Gasteiger partial charge in [-0.15, -0.1) is 0 Å². The molecule has 0 bridgehead atoms. The number of aliphatic imine (C=N–C) groups is 1. The number of carbonyl (C=O) groups is 1. The van der Waals surface area contributed by atoms with E-state index in [2.05, 4.69) is 11.9 Å². The van der Waals surface area contributed by atoms with Crippen LogP contribution in [-0.2, 0) is 16.0 Å². The zero-order valence-electron chi connectivity index (χ0n) is 21.3. The van der Waals surface area contributed by atoms with Crippen LogP contribution >= 0.6 is 11.8 Å². The highest BCUT2D eigenvalue weighted by Gasteiger charge is 2.34. The van der Waals surface area contributed by atoms with Gasteiger partial charge in [0.15, 0.2) is 5.96 Å². The van der Waals surface area contributed by atoms with Crippen molar-refractivity contribution in [2.24, 2.45) is 16.5 Å². The Bertz CT molecular complexity index is 1160. The molecule has 0 aliphatic carbocycles. The van der Waals surface area contributed by atoms with Crippen LogP contribution in [0.4, 0.5) is 5.69 Å². The van der Waals surface area contributed by atoms with Gasteiger partial charge in [-0.25, -0.2) is 9.41 Å². The van der Waals surface area contributed by atoms with E-state index in [1.54, 1.807) is 30.3 Å². The first-order chi connectivity index (χ1) is 17.0. The molecule has 2 aromatic rings. The molecule has 2 aromatic carbocycles. The summed E-state index contributed by atoms with van der Waals surface area (Å²) in [4.78, 5) is 16.2. The summed E-state index contributed by atoms with van der Waals surface area (Å²) in [6.07, 6.45) is 5.46. The average molecular weight is 515 g/mol. The Balaban J connectivity index is 1.43. The number of halogens is 1. The van der Waals surface area contributed by atoms with Gasteiger partial charge in [-0.05, 0) is 81.0 Å². The first-order valence-electron chi connectivity index (χ1n) is 11.9. The van der Waals surface area contributed by atoms with Crippen LogP contribution in [0.25, 0.3) is 6.08 Å². The van der Waals surface area contributed by atoms with Crippen LogP contribution in [0, 0.1) is 20.8 Å². The second kappa shape index (κ2) is 11.7. The minimum Gasteiger partial charge on any atom is -0.507 e. The summed E-state index contributed by atoms with van der Waals surface area (Å²) < 4.78 is 13.3. The molecule has 5 N–H and O–H groups in total. The lowest BCUT2D eigenvalue weighted by Gasteiger charge is -2.38. The fourth-order valence-corrected chi connectivity index (χ4v) is 4.30. The van der Waals surface area contributed by atoms with Gasteiger partial charge >= 0.3 is 0 Å². The number of nitrogens with zero attached hydrogens (tertiary/aromatic N) is 2. The van der Waals surface area contributed by atoms with Crippen molar-refractivity contribution in [3.05, 3.63) is 58.2 Å². The van der Waals surface area contributed by atoms with E-state index < -0.39 is 0 Å². The van der Waals surface area contributed by atoms with E-state index in [4.69, 9.17) is 32.7 Å². The van der Waals surface area contributed by atoms with Gasteiger partial charge in [0.2, 0.25) is 0 Å². The Labute approximate surface area is 217 Å². The molecule has 0 fully saturated rings. The molecule has 1 heterocycles. The molecule has 1 aliphatic rings. The summed E-state index contributed by atoms with van der Waals surface area (Å²) in [6.45, 7) is 8.97. The van der Waals surface area contributed by atoms with Gasteiger partial charge in [-0.1, -0.05) is 12.1 Å². The van der Waals surface area contributed by atoms with Crippen molar-refractivity contribution in [3.8, 4) is 11.5 Å². The Morgan fingerprint density at radius 2 is 1.89 bits per heavy atom. The topological polar surface area (TPSA) is 123 Å². The van der Waals surface area contributed by atoms with Crippen LogP contribution in [0.5, 0.6) is 11.5 Å². The van der Waals surface area contributed by atoms with Crippen LogP contribution in [-0.4, -0.2) is 46.8 Å². The van der Waals surface area contributed by atoms with Crippen LogP contribution in [0.2, 0.25) is 0 Å². The molecular weight excluding hydrogens is 480 g/mol. The molecule has 36 heavy (non-hydrogen) atoms. The fourth-order valence-electron chi connectivity index (χ4n) is 4.17. The number of hydrogen-bond donors (Lipinski definition) is 3. The zero-order chi connectivity index (χ0) is 26.5. The normalized spacial score (nSPS) is 16.9. The number of ether oxygens (including phenoxy) is 2. The van der Waals surface area contributed by atoms with Crippen LogP contribution in [0.15, 0.2) is 35.3 Å². The Kier molecular flexibility index (Phi) is 8.87. The SMILES string of the molecule is Cc1c(C)c2c(c(C)c1O)CCC(C)(CCOCCN(Cl)C(=O)C=Cc1ccc(N=C(N)N)cc1)O2. The summed E-state index contributed by atoms with van der Waals surface area (Å²) in [5.41, 5.74) is 15.6. The van der Waals surface area contributed by atoms with Gasteiger partial charge in [-0.3, -0.25) is 4.79 Å². The van der Waals surface area contributed by atoms with Crippen LogP contribution in [0.3, 0.4) is 0 Å².